The fraction of sp³-hybridized carbons (Fsp3) is 0.619. The molecule has 144 valence electrons. The molecule has 0 aliphatic rings. The first-order valence-corrected chi connectivity index (χ1v) is 8.93. The van der Waals surface area contributed by atoms with E-state index in [2.05, 4.69) is 39.8 Å². The molecule has 0 rings (SSSR count). The third-order valence-electron chi connectivity index (χ3n) is 3.59. The van der Waals surface area contributed by atoms with E-state index in [-0.39, 0.29) is 13.2 Å². The van der Waals surface area contributed by atoms with Gasteiger partial charge < -0.3 is 10.2 Å². The van der Waals surface area contributed by atoms with Gasteiger partial charge in [-0.15, -0.1) is 0 Å². The lowest BCUT2D eigenvalue weighted by Gasteiger charge is -2.20. The first-order chi connectivity index (χ1) is 11.6. The molecule has 0 aromatic carbocycles. The largest absolute Gasteiger partial charge is 0.408 e. The highest BCUT2D eigenvalue weighted by Crippen LogP contribution is 2.11. The third kappa shape index (κ3) is 16.0. The monoisotopic (exact) mass is 352 g/mol. The highest BCUT2D eigenvalue weighted by Gasteiger charge is 2.24. The lowest BCUT2D eigenvalue weighted by Crippen LogP contribution is -2.35. The predicted molar refractivity (Wildman–Crippen MR) is 104 cm³/mol. The molecule has 0 saturated carbocycles. The van der Waals surface area contributed by atoms with E-state index in [1.165, 1.54) is 11.1 Å². The van der Waals surface area contributed by atoms with Gasteiger partial charge in [-0.05, 0) is 67.2 Å². The zero-order chi connectivity index (χ0) is 19.3. The second-order valence-corrected chi connectivity index (χ2v) is 6.91. The summed E-state index contributed by atoms with van der Waals surface area (Å²) in [5, 5.41) is 19.3. The molecule has 0 aliphatic heterocycles. The van der Waals surface area contributed by atoms with Crippen LogP contribution in [0.15, 0.2) is 46.6 Å². The number of allylic oxidation sites excluding steroid dienone is 6. The molecule has 25 heavy (non-hydrogen) atoms. The van der Waals surface area contributed by atoms with Crippen molar-refractivity contribution in [2.75, 3.05) is 13.2 Å². The molecular weight excluding hydrogens is 316 g/mol. The van der Waals surface area contributed by atoms with E-state index in [0.717, 1.165) is 36.8 Å². The van der Waals surface area contributed by atoms with Gasteiger partial charge in [0, 0.05) is 0 Å². The normalized spacial score (nSPS) is 13.0. The molecule has 0 aromatic rings. The van der Waals surface area contributed by atoms with E-state index < -0.39 is 6.16 Å². The average Bonchev–Trinajstić information content (AvgIpc) is 2.45. The van der Waals surface area contributed by atoms with Gasteiger partial charge in [0.1, 0.15) is 0 Å². The van der Waals surface area contributed by atoms with Crippen molar-refractivity contribution in [3.8, 4) is 0 Å². The molecule has 0 aromatic heterocycles. The number of aliphatic hydroxyl groups is 2. The quantitative estimate of drug-likeness (QED) is 0.383. The lowest BCUT2D eigenvalue weighted by atomic mass is 10.1. The lowest BCUT2D eigenvalue weighted by molar-refractivity contribution is -0.465. The second kappa shape index (κ2) is 13.1. The van der Waals surface area contributed by atoms with Crippen LogP contribution in [0.1, 0.15) is 67.2 Å². The third-order valence-corrected chi connectivity index (χ3v) is 3.59. The highest BCUT2D eigenvalue weighted by atomic mass is 16.9. The van der Waals surface area contributed by atoms with E-state index >= 15 is 0 Å². The Labute approximate surface area is 153 Å². The van der Waals surface area contributed by atoms with Crippen molar-refractivity contribution in [3.05, 3.63) is 46.6 Å². The van der Waals surface area contributed by atoms with Gasteiger partial charge in [-0.1, -0.05) is 46.6 Å². The zero-order valence-corrected chi connectivity index (χ0v) is 16.8. The molecule has 0 bridgehead atoms. The minimum atomic E-state index is -2.56. The molecule has 0 spiro atoms. The van der Waals surface area contributed by atoms with Gasteiger partial charge in [0.15, 0.2) is 0 Å². The Hall–Kier alpha value is -1.20. The van der Waals surface area contributed by atoms with Crippen molar-refractivity contribution in [1.29, 1.82) is 0 Å². The Balaban J connectivity index is 4.11. The summed E-state index contributed by atoms with van der Waals surface area (Å²) in [6, 6.07) is 0. The van der Waals surface area contributed by atoms with Crippen molar-refractivity contribution < 1.29 is 19.7 Å². The Morgan fingerprint density at radius 2 is 1.04 bits per heavy atom. The number of hydrogen-bond donors (Lipinski definition) is 2. The topological polar surface area (TPSA) is 58.9 Å². The van der Waals surface area contributed by atoms with Crippen LogP contribution in [0.25, 0.3) is 0 Å². The van der Waals surface area contributed by atoms with Crippen molar-refractivity contribution in [3.63, 3.8) is 0 Å². The molecule has 0 fully saturated rings. The summed E-state index contributed by atoms with van der Waals surface area (Å²) in [6.07, 6.45) is 9.26. The predicted octanol–water partition coefficient (Wildman–Crippen LogP) is 5.00. The van der Waals surface area contributed by atoms with Gasteiger partial charge in [-0.2, -0.15) is 0 Å². The van der Waals surface area contributed by atoms with Crippen LogP contribution in [0, 0.1) is 0 Å². The maximum absolute atomic E-state index is 9.67. The number of ether oxygens (including phenoxy) is 2. The molecule has 2 N–H and O–H groups in total. The van der Waals surface area contributed by atoms with Gasteiger partial charge in [0.25, 0.3) is 0 Å². The first-order valence-electron chi connectivity index (χ1n) is 8.93. The van der Waals surface area contributed by atoms with Crippen LogP contribution in [0.4, 0.5) is 0 Å². The first kappa shape index (κ1) is 23.8. The average molecular weight is 353 g/mol. The van der Waals surface area contributed by atoms with Crippen LogP contribution in [0.2, 0.25) is 0 Å². The molecule has 0 aliphatic carbocycles. The fourth-order valence-corrected chi connectivity index (χ4v) is 2.01. The minimum Gasteiger partial charge on any atom is -0.319 e. The van der Waals surface area contributed by atoms with Gasteiger partial charge in [-0.25, -0.2) is 0 Å². The van der Waals surface area contributed by atoms with E-state index in [4.69, 9.17) is 9.47 Å². The van der Waals surface area contributed by atoms with Crippen LogP contribution in [0.3, 0.4) is 0 Å². The van der Waals surface area contributed by atoms with Crippen molar-refractivity contribution >= 4 is 0 Å². The van der Waals surface area contributed by atoms with Crippen molar-refractivity contribution in [2.45, 2.75) is 73.4 Å². The summed E-state index contributed by atoms with van der Waals surface area (Å²) in [7, 11) is 0. The van der Waals surface area contributed by atoms with E-state index in [9.17, 15) is 10.2 Å². The summed E-state index contributed by atoms with van der Waals surface area (Å²) in [5.74, 6) is 0. The molecule has 0 atom stereocenters. The van der Waals surface area contributed by atoms with Crippen LogP contribution in [0.5, 0.6) is 0 Å². The van der Waals surface area contributed by atoms with E-state index in [1.807, 2.05) is 26.0 Å². The minimum absolute atomic E-state index is 0.0942. The SMILES string of the molecule is CC(C)=CCC/C(C)=C/COC(O)(O)OC/C=C(\C)CCC=C(C)C. The van der Waals surface area contributed by atoms with Gasteiger partial charge in [0.2, 0.25) is 0 Å². The zero-order valence-electron chi connectivity index (χ0n) is 16.8. The smallest absolute Gasteiger partial charge is 0.319 e. The Morgan fingerprint density at radius 3 is 1.36 bits per heavy atom. The molecule has 0 heterocycles. The molecule has 4 heteroatoms. The molecule has 4 nitrogen and oxygen atoms in total. The summed E-state index contributed by atoms with van der Waals surface area (Å²) < 4.78 is 9.96. The molecule has 0 amide bonds. The molecule has 0 saturated heterocycles. The molecular formula is C21H36O4. The van der Waals surface area contributed by atoms with Gasteiger partial charge >= 0.3 is 6.16 Å². The molecule has 0 radical (unpaired) electrons. The number of rotatable bonds is 12. The maximum Gasteiger partial charge on any atom is 0.408 e. The Morgan fingerprint density at radius 1 is 0.680 bits per heavy atom. The number of hydrogen-bond acceptors (Lipinski definition) is 4. The second-order valence-electron chi connectivity index (χ2n) is 6.91. The Kier molecular flexibility index (Phi) is 12.4. The summed E-state index contributed by atoms with van der Waals surface area (Å²) in [5.41, 5.74) is 4.88. The van der Waals surface area contributed by atoms with E-state index in [0.29, 0.717) is 0 Å². The summed E-state index contributed by atoms with van der Waals surface area (Å²) in [6.45, 7) is 12.5. The van der Waals surface area contributed by atoms with Crippen LogP contribution < -0.4 is 0 Å². The van der Waals surface area contributed by atoms with Crippen molar-refractivity contribution in [2.24, 2.45) is 0 Å². The maximum atomic E-state index is 9.67. The molecule has 0 unspecified atom stereocenters. The van der Waals surface area contributed by atoms with Crippen LogP contribution in [-0.2, 0) is 9.47 Å². The summed E-state index contributed by atoms with van der Waals surface area (Å²) in [4.78, 5) is 0. The van der Waals surface area contributed by atoms with Crippen LogP contribution >= 0.6 is 0 Å². The van der Waals surface area contributed by atoms with Crippen molar-refractivity contribution in [1.82, 2.24) is 0 Å². The highest BCUT2D eigenvalue weighted by molar-refractivity contribution is 5.03. The standard InChI is InChI=1S/C21H36O4/c1-17(2)9-7-11-19(5)13-15-24-21(22,23)25-16-14-20(6)12-8-10-18(3)4/h9-10,13-14,22-23H,7-8,11-12,15-16H2,1-6H3/b19-13+,20-14+. The fourth-order valence-electron chi connectivity index (χ4n) is 2.01. The Bertz CT molecular complexity index is 444. The van der Waals surface area contributed by atoms with Gasteiger partial charge in [0.05, 0.1) is 13.2 Å². The summed E-state index contributed by atoms with van der Waals surface area (Å²) >= 11 is 0. The van der Waals surface area contributed by atoms with E-state index in [1.54, 1.807) is 0 Å². The van der Waals surface area contributed by atoms with Crippen LogP contribution in [-0.4, -0.2) is 29.6 Å². The van der Waals surface area contributed by atoms with Gasteiger partial charge in [-0.3, -0.25) is 9.47 Å².